The summed E-state index contributed by atoms with van der Waals surface area (Å²) in [5, 5.41) is 2.70. The Morgan fingerprint density at radius 3 is 2.00 bits per heavy atom. The Balaban J connectivity index is 1.27. The molecule has 0 fully saturated rings. The standard InChI is InChI=1S/C53H45BN2/c1-50(2)24-25-51(3,4)40-29-43-34(28-39(40)50)36-27-35-33-20-13-14-21-37(33)53(7)44-32-19-12-11-16-30(32)26-41-48(44)55-47-38(52(41,5)6)22-15-23-42(47)54(46(36)49(55)45(35)53)56(43)31-17-9-8-10-18-31/h8-23,26-29H,24-25H2,1-7H3. The third kappa shape index (κ3) is 3.39. The fourth-order valence-corrected chi connectivity index (χ4v) is 12.7. The van der Waals surface area contributed by atoms with E-state index in [1.54, 1.807) is 0 Å². The summed E-state index contributed by atoms with van der Waals surface area (Å²) in [5.41, 5.74) is 25.1. The number of anilines is 5. The number of benzene rings is 7. The molecule has 3 heteroatoms. The van der Waals surface area contributed by atoms with Crippen molar-refractivity contribution < 1.29 is 0 Å². The Bertz CT molecular complexity index is 2990. The monoisotopic (exact) mass is 720 g/mol. The minimum atomic E-state index is -0.331. The van der Waals surface area contributed by atoms with E-state index in [1.807, 2.05) is 0 Å². The minimum Gasteiger partial charge on any atom is -0.376 e. The molecule has 0 radical (unpaired) electrons. The van der Waals surface area contributed by atoms with Crippen molar-refractivity contribution in [3.63, 3.8) is 0 Å². The molecular formula is C53H45BN2. The summed E-state index contributed by atoms with van der Waals surface area (Å²) < 4.78 is 0. The van der Waals surface area contributed by atoms with Crippen molar-refractivity contribution in [3.8, 4) is 22.3 Å². The van der Waals surface area contributed by atoms with Gasteiger partial charge in [-0.2, -0.15) is 0 Å². The van der Waals surface area contributed by atoms with Crippen LogP contribution in [0.25, 0.3) is 33.0 Å². The molecule has 0 spiro atoms. The number of nitrogens with zero attached hydrogens (tertiary/aromatic N) is 2. The van der Waals surface area contributed by atoms with Gasteiger partial charge in [-0.15, -0.1) is 0 Å². The second kappa shape index (κ2) is 9.70. The third-order valence-electron chi connectivity index (χ3n) is 15.6. The number of para-hydroxylation sites is 2. The summed E-state index contributed by atoms with van der Waals surface area (Å²) in [7, 11) is 0. The zero-order valence-electron chi connectivity index (χ0n) is 33.4. The third-order valence-corrected chi connectivity index (χ3v) is 15.6. The van der Waals surface area contributed by atoms with Gasteiger partial charge in [-0.05, 0) is 144 Å². The summed E-state index contributed by atoms with van der Waals surface area (Å²) in [6.07, 6.45) is 2.38. The van der Waals surface area contributed by atoms with E-state index in [1.165, 1.54) is 124 Å². The van der Waals surface area contributed by atoms with Crippen LogP contribution in [0.2, 0.25) is 0 Å². The van der Waals surface area contributed by atoms with Crippen molar-refractivity contribution in [2.24, 2.45) is 0 Å². The summed E-state index contributed by atoms with van der Waals surface area (Å²) in [6, 6.07) is 47.5. The van der Waals surface area contributed by atoms with Crippen LogP contribution in [0.3, 0.4) is 0 Å². The first-order valence-electron chi connectivity index (χ1n) is 20.8. The number of fused-ring (bicyclic) bond motifs is 10. The zero-order valence-corrected chi connectivity index (χ0v) is 33.4. The Morgan fingerprint density at radius 1 is 0.500 bits per heavy atom. The van der Waals surface area contributed by atoms with Gasteiger partial charge in [0.2, 0.25) is 0 Å². The fraction of sp³-hybridized carbons (Fsp3) is 0.245. The molecule has 56 heavy (non-hydrogen) atoms. The van der Waals surface area contributed by atoms with E-state index in [4.69, 9.17) is 0 Å². The maximum absolute atomic E-state index is 2.79. The van der Waals surface area contributed by atoms with Gasteiger partial charge in [0.1, 0.15) is 0 Å². The van der Waals surface area contributed by atoms with Crippen LogP contribution in [0.1, 0.15) is 100 Å². The lowest BCUT2D eigenvalue weighted by molar-refractivity contribution is 0.332. The second-order valence-electron chi connectivity index (χ2n) is 19.6. The lowest BCUT2D eigenvalue weighted by atomic mass is 9.41. The van der Waals surface area contributed by atoms with Crippen LogP contribution in [0.15, 0.2) is 121 Å². The molecule has 0 saturated carbocycles. The molecule has 6 aliphatic rings. The van der Waals surface area contributed by atoms with Crippen LogP contribution in [0, 0.1) is 0 Å². The predicted molar refractivity (Wildman–Crippen MR) is 236 cm³/mol. The van der Waals surface area contributed by atoms with Gasteiger partial charge in [-0.3, -0.25) is 0 Å². The second-order valence-corrected chi connectivity index (χ2v) is 19.6. The van der Waals surface area contributed by atoms with Crippen LogP contribution in [0.4, 0.5) is 28.4 Å². The molecule has 1 atom stereocenters. The first-order valence-corrected chi connectivity index (χ1v) is 20.8. The van der Waals surface area contributed by atoms with Gasteiger partial charge in [0.05, 0.1) is 5.69 Å². The van der Waals surface area contributed by atoms with Gasteiger partial charge in [0.25, 0.3) is 0 Å². The molecule has 4 aliphatic heterocycles. The number of hydrogen-bond acceptors (Lipinski definition) is 2. The van der Waals surface area contributed by atoms with Crippen molar-refractivity contribution in [3.05, 3.63) is 160 Å². The highest BCUT2D eigenvalue weighted by atomic mass is 15.2. The zero-order chi connectivity index (χ0) is 37.8. The van der Waals surface area contributed by atoms with Crippen LogP contribution < -0.4 is 20.6 Å². The first kappa shape index (κ1) is 31.6. The molecule has 7 aromatic carbocycles. The van der Waals surface area contributed by atoms with Gasteiger partial charge in [0.15, 0.2) is 0 Å². The summed E-state index contributed by atoms with van der Waals surface area (Å²) in [6.45, 7) is 17.4. The molecule has 2 aliphatic carbocycles. The Kier molecular flexibility index (Phi) is 5.48. The van der Waals surface area contributed by atoms with Gasteiger partial charge >= 0.3 is 6.85 Å². The van der Waals surface area contributed by atoms with Crippen molar-refractivity contribution >= 4 is 57.0 Å². The predicted octanol–water partition coefficient (Wildman–Crippen LogP) is 12.2. The highest BCUT2D eigenvalue weighted by Crippen LogP contribution is 2.69. The highest BCUT2D eigenvalue weighted by Gasteiger charge is 2.59. The van der Waals surface area contributed by atoms with E-state index >= 15 is 0 Å². The lowest BCUT2D eigenvalue weighted by Crippen LogP contribution is -2.63. The maximum Gasteiger partial charge on any atom is 0.333 e. The lowest BCUT2D eigenvalue weighted by Gasteiger charge is -2.55. The SMILES string of the molecule is CC1(C)CCC(C)(C)c2cc3c(cc21)-c1cc2c4c5c1B(c1cccc6c1N5c1c(cc5ccccc5c1C4(C)c1ccccc1-2)C6(C)C)N3c1ccccc1. The van der Waals surface area contributed by atoms with E-state index in [0.717, 1.165) is 0 Å². The maximum atomic E-state index is 2.79. The summed E-state index contributed by atoms with van der Waals surface area (Å²) in [5.74, 6) is 0. The van der Waals surface area contributed by atoms with Crippen molar-refractivity contribution in [1.29, 1.82) is 0 Å². The number of hydrogen-bond donors (Lipinski definition) is 0. The normalized spacial score (nSPS) is 21.0. The first-order chi connectivity index (χ1) is 26.9. The van der Waals surface area contributed by atoms with E-state index < -0.39 is 0 Å². The average molecular weight is 721 g/mol. The van der Waals surface area contributed by atoms with Gasteiger partial charge < -0.3 is 9.71 Å². The molecule has 0 aromatic heterocycles. The van der Waals surface area contributed by atoms with E-state index in [9.17, 15) is 0 Å². The quantitative estimate of drug-likeness (QED) is 0.156. The average Bonchev–Trinajstić information content (AvgIpc) is 3.47. The van der Waals surface area contributed by atoms with E-state index in [-0.39, 0.29) is 28.5 Å². The Hall–Kier alpha value is -5.54. The molecule has 0 amide bonds. The minimum absolute atomic E-state index is 0.0106. The largest absolute Gasteiger partial charge is 0.376 e. The molecule has 0 saturated heterocycles. The summed E-state index contributed by atoms with van der Waals surface area (Å²) in [4.78, 5) is 5.53. The van der Waals surface area contributed by atoms with E-state index in [0.29, 0.717) is 0 Å². The molecule has 7 aromatic rings. The van der Waals surface area contributed by atoms with Crippen molar-refractivity contribution in [2.45, 2.75) is 83.0 Å². The highest BCUT2D eigenvalue weighted by molar-refractivity contribution is 6.93. The van der Waals surface area contributed by atoms with Crippen LogP contribution in [-0.2, 0) is 21.7 Å². The van der Waals surface area contributed by atoms with Crippen molar-refractivity contribution in [1.82, 2.24) is 0 Å². The molecule has 1 unspecified atom stereocenters. The smallest absolute Gasteiger partial charge is 0.333 e. The van der Waals surface area contributed by atoms with E-state index in [2.05, 4.69) is 180 Å². The van der Waals surface area contributed by atoms with Crippen molar-refractivity contribution in [2.75, 3.05) is 9.71 Å². The van der Waals surface area contributed by atoms with Gasteiger partial charge in [-0.1, -0.05) is 126 Å². The molecule has 2 nitrogen and oxygen atoms in total. The van der Waals surface area contributed by atoms with Crippen LogP contribution in [-0.4, -0.2) is 6.85 Å². The molecule has 270 valence electrons. The molecule has 0 bridgehead atoms. The topological polar surface area (TPSA) is 6.48 Å². The summed E-state index contributed by atoms with van der Waals surface area (Å²) >= 11 is 0. The van der Waals surface area contributed by atoms with Gasteiger partial charge in [0, 0.05) is 39.1 Å². The molecule has 4 heterocycles. The van der Waals surface area contributed by atoms with Crippen LogP contribution >= 0.6 is 0 Å². The Morgan fingerprint density at radius 2 is 1.20 bits per heavy atom. The van der Waals surface area contributed by atoms with Gasteiger partial charge in [-0.25, -0.2) is 0 Å². The number of rotatable bonds is 1. The molecule has 13 rings (SSSR count). The fourth-order valence-electron chi connectivity index (χ4n) is 12.7. The van der Waals surface area contributed by atoms with Crippen LogP contribution in [0.5, 0.6) is 0 Å². The Labute approximate surface area is 330 Å². The molecular weight excluding hydrogens is 675 g/mol. The molecule has 0 N–H and O–H groups in total.